The van der Waals surface area contributed by atoms with Crippen LogP contribution in [0.2, 0.25) is 0 Å². The summed E-state index contributed by atoms with van der Waals surface area (Å²) in [5, 5.41) is 2.50. The molecule has 1 aliphatic carbocycles. The lowest BCUT2D eigenvalue weighted by atomic mass is 10.1. The quantitative estimate of drug-likeness (QED) is 0.902. The summed E-state index contributed by atoms with van der Waals surface area (Å²) >= 11 is 1.58. The van der Waals surface area contributed by atoms with E-state index < -0.39 is 0 Å². The van der Waals surface area contributed by atoms with Crippen LogP contribution in [0.25, 0.3) is 10.9 Å². The first-order valence-electron chi connectivity index (χ1n) is 6.08. The fourth-order valence-corrected chi connectivity index (χ4v) is 3.31. The Balaban J connectivity index is 1.96. The Bertz CT molecular complexity index is 518. The normalized spacial score (nSPS) is 17.3. The zero-order valence-electron chi connectivity index (χ0n) is 9.97. The van der Waals surface area contributed by atoms with Gasteiger partial charge in [0.2, 0.25) is 0 Å². The first-order chi connectivity index (χ1) is 8.31. The molecule has 90 valence electrons. The average Bonchev–Trinajstić information content (AvgIpc) is 3.09. The summed E-state index contributed by atoms with van der Waals surface area (Å²) in [6.45, 7) is 0.730. The van der Waals surface area contributed by atoms with Gasteiger partial charge in [0.1, 0.15) is 5.00 Å². The van der Waals surface area contributed by atoms with Crippen molar-refractivity contribution in [3.8, 4) is 0 Å². The number of aromatic nitrogens is 1. The van der Waals surface area contributed by atoms with Crippen molar-refractivity contribution < 1.29 is 0 Å². The molecule has 1 atom stereocenters. The number of benzene rings is 1. The zero-order valence-corrected chi connectivity index (χ0v) is 10.8. The molecular weight excluding hydrogens is 230 g/mol. The Labute approximate surface area is 105 Å². The molecule has 3 rings (SSSR count). The monoisotopic (exact) mass is 247 g/mol. The summed E-state index contributed by atoms with van der Waals surface area (Å²) in [7, 11) is 2.15. The molecule has 2 N–H and O–H groups in total. The number of nitrogens with zero attached hydrogens (tertiary/aromatic N) is 2. The van der Waals surface area contributed by atoms with E-state index in [-0.39, 0.29) is 0 Å². The molecule has 0 radical (unpaired) electrons. The smallest absolute Gasteiger partial charge is 0.120 e. The second-order valence-electron chi connectivity index (χ2n) is 4.76. The van der Waals surface area contributed by atoms with E-state index in [1.807, 2.05) is 6.07 Å². The lowest BCUT2D eigenvalue weighted by molar-refractivity contribution is 0.574. The van der Waals surface area contributed by atoms with E-state index in [4.69, 9.17) is 5.73 Å². The lowest BCUT2D eigenvalue weighted by Crippen LogP contribution is -2.39. The second kappa shape index (κ2) is 4.27. The SMILES string of the molecule is CN(c1snc2ccccc12)C(CN)C1CC1. The molecular formula is C13H17N3S. The molecule has 1 aromatic heterocycles. The maximum atomic E-state index is 5.91. The Morgan fingerprint density at radius 3 is 2.94 bits per heavy atom. The van der Waals surface area contributed by atoms with E-state index in [1.165, 1.54) is 23.2 Å². The Morgan fingerprint density at radius 1 is 1.47 bits per heavy atom. The van der Waals surface area contributed by atoms with E-state index >= 15 is 0 Å². The van der Waals surface area contributed by atoms with Crippen molar-refractivity contribution in [2.75, 3.05) is 18.5 Å². The summed E-state index contributed by atoms with van der Waals surface area (Å²) in [6, 6.07) is 8.79. The van der Waals surface area contributed by atoms with Crippen molar-refractivity contribution in [1.82, 2.24) is 4.37 Å². The Kier molecular flexibility index (Phi) is 2.76. The van der Waals surface area contributed by atoms with Gasteiger partial charge in [-0.3, -0.25) is 0 Å². The highest BCUT2D eigenvalue weighted by molar-refractivity contribution is 7.11. The molecule has 1 heterocycles. The largest absolute Gasteiger partial charge is 0.360 e. The molecule has 4 heteroatoms. The summed E-state index contributed by atoms with van der Waals surface area (Å²) in [5.41, 5.74) is 7.00. The standard InChI is InChI=1S/C13H17N3S/c1-16(12(8-14)9-6-7-9)13-10-4-2-3-5-11(10)15-17-13/h2-5,9,12H,6-8,14H2,1H3. The third kappa shape index (κ3) is 1.91. The third-order valence-corrected chi connectivity index (χ3v) is 4.56. The zero-order chi connectivity index (χ0) is 11.8. The van der Waals surface area contributed by atoms with Crippen LogP contribution in [0.5, 0.6) is 0 Å². The van der Waals surface area contributed by atoms with Crippen molar-refractivity contribution in [1.29, 1.82) is 0 Å². The molecule has 0 spiro atoms. The maximum Gasteiger partial charge on any atom is 0.120 e. The second-order valence-corrected chi connectivity index (χ2v) is 5.51. The molecule has 0 bridgehead atoms. The number of nitrogens with two attached hydrogens (primary N) is 1. The van der Waals surface area contributed by atoms with Gasteiger partial charge in [0.25, 0.3) is 0 Å². The van der Waals surface area contributed by atoms with Gasteiger partial charge in [-0.05, 0) is 42.4 Å². The number of hydrogen-bond donors (Lipinski definition) is 1. The molecule has 0 amide bonds. The van der Waals surface area contributed by atoms with Crippen molar-refractivity contribution in [2.24, 2.45) is 11.7 Å². The minimum absolute atomic E-state index is 0.471. The minimum Gasteiger partial charge on any atom is -0.360 e. The fourth-order valence-electron chi connectivity index (χ4n) is 2.43. The van der Waals surface area contributed by atoms with Crippen LogP contribution in [0.1, 0.15) is 12.8 Å². The molecule has 1 aromatic carbocycles. The van der Waals surface area contributed by atoms with Crippen LogP contribution in [0, 0.1) is 5.92 Å². The van der Waals surface area contributed by atoms with Gasteiger partial charge >= 0.3 is 0 Å². The fraction of sp³-hybridized carbons (Fsp3) is 0.462. The highest BCUT2D eigenvalue weighted by Crippen LogP contribution is 2.39. The molecule has 2 aromatic rings. The highest BCUT2D eigenvalue weighted by Gasteiger charge is 2.33. The van der Waals surface area contributed by atoms with Crippen LogP contribution in [-0.4, -0.2) is 24.0 Å². The molecule has 0 saturated heterocycles. The molecule has 1 saturated carbocycles. The van der Waals surface area contributed by atoms with Crippen LogP contribution >= 0.6 is 11.5 Å². The van der Waals surface area contributed by atoms with Gasteiger partial charge in [-0.25, -0.2) is 0 Å². The topological polar surface area (TPSA) is 42.2 Å². The summed E-state index contributed by atoms with van der Waals surface area (Å²) in [5.74, 6) is 0.783. The van der Waals surface area contributed by atoms with Gasteiger partial charge in [0.05, 0.1) is 5.52 Å². The van der Waals surface area contributed by atoms with Crippen LogP contribution in [0.15, 0.2) is 24.3 Å². The number of anilines is 1. The van der Waals surface area contributed by atoms with Crippen molar-refractivity contribution in [3.05, 3.63) is 24.3 Å². The third-order valence-electron chi connectivity index (χ3n) is 3.59. The average molecular weight is 247 g/mol. The van der Waals surface area contributed by atoms with E-state index in [2.05, 4.69) is 34.5 Å². The van der Waals surface area contributed by atoms with Crippen LogP contribution < -0.4 is 10.6 Å². The highest BCUT2D eigenvalue weighted by atomic mass is 32.1. The molecule has 3 nitrogen and oxygen atoms in total. The van der Waals surface area contributed by atoms with Crippen molar-refractivity contribution >= 4 is 27.4 Å². The number of likely N-dealkylation sites (N-methyl/N-ethyl adjacent to an activating group) is 1. The number of hydrogen-bond acceptors (Lipinski definition) is 4. The molecule has 1 aliphatic rings. The van der Waals surface area contributed by atoms with E-state index in [0.717, 1.165) is 18.0 Å². The van der Waals surface area contributed by atoms with Crippen molar-refractivity contribution in [3.63, 3.8) is 0 Å². The first kappa shape index (κ1) is 11.0. The number of fused-ring (bicyclic) bond motifs is 1. The van der Waals surface area contributed by atoms with Gasteiger partial charge < -0.3 is 10.6 Å². The van der Waals surface area contributed by atoms with Crippen LogP contribution in [0.4, 0.5) is 5.00 Å². The van der Waals surface area contributed by atoms with Gasteiger partial charge in [0, 0.05) is 25.0 Å². The molecule has 1 fully saturated rings. The summed E-state index contributed by atoms with van der Waals surface area (Å²) < 4.78 is 4.50. The summed E-state index contributed by atoms with van der Waals surface area (Å²) in [4.78, 5) is 2.33. The predicted molar refractivity (Wildman–Crippen MR) is 73.6 cm³/mol. The van der Waals surface area contributed by atoms with Gasteiger partial charge in [0.15, 0.2) is 0 Å². The van der Waals surface area contributed by atoms with Crippen molar-refractivity contribution in [2.45, 2.75) is 18.9 Å². The maximum absolute atomic E-state index is 5.91. The minimum atomic E-state index is 0.471. The van der Waals surface area contributed by atoms with Crippen LogP contribution in [0.3, 0.4) is 0 Å². The first-order valence-corrected chi connectivity index (χ1v) is 6.86. The van der Waals surface area contributed by atoms with E-state index in [0.29, 0.717) is 6.04 Å². The molecule has 0 aliphatic heterocycles. The van der Waals surface area contributed by atoms with E-state index in [9.17, 15) is 0 Å². The van der Waals surface area contributed by atoms with E-state index in [1.54, 1.807) is 11.5 Å². The summed E-state index contributed by atoms with van der Waals surface area (Å²) in [6.07, 6.45) is 2.64. The van der Waals surface area contributed by atoms with Gasteiger partial charge in [-0.1, -0.05) is 12.1 Å². The lowest BCUT2D eigenvalue weighted by Gasteiger charge is -2.27. The van der Waals surface area contributed by atoms with Gasteiger partial charge in [-0.15, -0.1) is 0 Å². The van der Waals surface area contributed by atoms with Gasteiger partial charge in [-0.2, -0.15) is 4.37 Å². The predicted octanol–water partition coefficient (Wildman–Crippen LogP) is 2.47. The Hall–Kier alpha value is -1.13. The Morgan fingerprint density at radius 2 is 2.24 bits per heavy atom. The molecule has 1 unspecified atom stereocenters. The van der Waals surface area contributed by atoms with Crippen LogP contribution in [-0.2, 0) is 0 Å². The number of rotatable bonds is 4. The molecule has 17 heavy (non-hydrogen) atoms.